The van der Waals surface area contributed by atoms with E-state index in [1.54, 1.807) is 0 Å². The second kappa shape index (κ2) is 5.91. The third kappa shape index (κ3) is 3.53. The van der Waals surface area contributed by atoms with Crippen LogP contribution in [-0.4, -0.2) is 36.2 Å². The summed E-state index contributed by atoms with van der Waals surface area (Å²) in [6.07, 6.45) is -1.47. The van der Waals surface area contributed by atoms with Crippen molar-refractivity contribution in [1.29, 1.82) is 0 Å². The molecule has 1 aromatic heterocycles. The SMILES string of the molecule is OCCN(CC(F)F)c1ncc(Cl)cc1F. The number of aromatic nitrogens is 1. The highest BCUT2D eigenvalue weighted by Crippen LogP contribution is 2.20. The second-order valence-electron chi connectivity index (χ2n) is 3.02. The van der Waals surface area contributed by atoms with Crippen LogP contribution in [0.1, 0.15) is 0 Å². The Hall–Kier alpha value is -1.01. The first-order valence-electron chi connectivity index (χ1n) is 4.49. The molecule has 0 aromatic carbocycles. The van der Waals surface area contributed by atoms with Crippen LogP contribution in [0.15, 0.2) is 12.3 Å². The summed E-state index contributed by atoms with van der Waals surface area (Å²) >= 11 is 5.49. The van der Waals surface area contributed by atoms with E-state index in [1.165, 1.54) is 0 Å². The maximum Gasteiger partial charge on any atom is 0.255 e. The average molecular weight is 255 g/mol. The lowest BCUT2D eigenvalue weighted by Crippen LogP contribution is -2.33. The van der Waals surface area contributed by atoms with Crippen LogP contribution in [0.3, 0.4) is 0 Å². The Labute approximate surface area is 95.5 Å². The lowest BCUT2D eigenvalue weighted by Gasteiger charge is -2.22. The molecule has 7 heteroatoms. The van der Waals surface area contributed by atoms with E-state index in [-0.39, 0.29) is 24.0 Å². The van der Waals surface area contributed by atoms with Gasteiger partial charge in [0.2, 0.25) is 0 Å². The zero-order valence-electron chi connectivity index (χ0n) is 8.21. The van der Waals surface area contributed by atoms with E-state index >= 15 is 0 Å². The molecule has 0 amide bonds. The van der Waals surface area contributed by atoms with E-state index in [0.717, 1.165) is 17.2 Å². The maximum atomic E-state index is 13.4. The number of aliphatic hydroxyl groups excluding tert-OH is 1. The van der Waals surface area contributed by atoms with Gasteiger partial charge in [-0.15, -0.1) is 0 Å². The molecule has 1 heterocycles. The van der Waals surface area contributed by atoms with Crippen LogP contribution in [0.25, 0.3) is 0 Å². The highest BCUT2D eigenvalue weighted by atomic mass is 35.5. The average Bonchev–Trinajstić information content (AvgIpc) is 2.16. The molecule has 0 aliphatic rings. The Kier molecular flexibility index (Phi) is 4.82. The first-order chi connectivity index (χ1) is 7.54. The van der Waals surface area contributed by atoms with E-state index in [2.05, 4.69) is 4.98 Å². The third-order valence-corrected chi connectivity index (χ3v) is 2.02. The fraction of sp³-hybridized carbons (Fsp3) is 0.444. The molecule has 0 radical (unpaired) electrons. The number of rotatable bonds is 5. The summed E-state index contributed by atoms with van der Waals surface area (Å²) in [6, 6.07) is 0.986. The molecule has 16 heavy (non-hydrogen) atoms. The summed E-state index contributed by atoms with van der Waals surface area (Å²) in [4.78, 5) is 4.59. The highest BCUT2D eigenvalue weighted by Gasteiger charge is 2.17. The highest BCUT2D eigenvalue weighted by molar-refractivity contribution is 6.30. The number of hydrogen-bond donors (Lipinski definition) is 1. The molecule has 0 fully saturated rings. The first kappa shape index (κ1) is 13.1. The maximum absolute atomic E-state index is 13.4. The largest absolute Gasteiger partial charge is 0.395 e. The second-order valence-corrected chi connectivity index (χ2v) is 3.46. The lowest BCUT2D eigenvalue weighted by atomic mass is 10.4. The van der Waals surface area contributed by atoms with Gasteiger partial charge in [-0.3, -0.25) is 0 Å². The monoisotopic (exact) mass is 254 g/mol. The molecule has 0 atom stereocenters. The predicted octanol–water partition coefficient (Wildman–Crippen LogP) is 1.94. The van der Waals surface area contributed by atoms with Crippen molar-refractivity contribution in [2.45, 2.75) is 6.43 Å². The van der Waals surface area contributed by atoms with Crippen LogP contribution >= 0.6 is 11.6 Å². The first-order valence-corrected chi connectivity index (χ1v) is 4.87. The number of anilines is 1. The van der Waals surface area contributed by atoms with Crippen molar-refractivity contribution in [3.05, 3.63) is 23.1 Å². The molecule has 0 spiro atoms. The molecule has 90 valence electrons. The number of pyridine rings is 1. The van der Waals surface area contributed by atoms with Crippen molar-refractivity contribution in [2.24, 2.45) is 0 Å². The van der Waals surface area contributed by atoms with Gasteiger partial charge in [-0.2, -0.15) is 0 Å². The van der Waals surface area contributed by atoms with Crippen molar-refractivity contribution < 1.29 is 18.3 Å². The number of hydrogen-bond acceptors (Lipinski definition) is 3. The summed E-state index contributed by atoms with van der Waals surface area (Å²) in [5, 5.41) is 8.78. The molecule has 0 bridgehead atoms. The van der Waals surface area contributed by atoms with Crippen LogP contribution in [0, 0.1) is 5.82 Å². The van der Waals surface area contributed by atoms with Crippen molar-refractivity contribution in [3.8, 4) is 0 Å². The van der Waals surface area contributed by atoms with E-state index < -0.39 is 18.8 Å². The van der Waals surface area contributed by atoms with Crippen LogP contribution in [-0.2, 0) is 0 Å². The zero-order chi connectivity index (χ0) is 12.1. The van der Waals surface area contributed by atoms with Crippen molar-refractivity contribution in [3.63, 3.8) is 0 Å². The van der Waals surface area contributed by atoms with Gasteiger partial charge in [-0.05, 0) is 6.07 Å². The summed E-state index contributed by atoms with van der Waals surface area (Å²) in [6.45, 7) is -1.17. The van der Waals surface area contributed by atoms with E-state index in [1.807, 2.05) is 0 Å². The summed E-state index contributed by atoms with van der Waals surface area (Å²) in [7, 11) is 0. The summed E-state index contributed by atoms with van der Waals surface area (Å²) in [5.74, 6) is -1.03. The minimum absolute atomic E-state index is 0.0854. The molecule has 0 saturated carbocycles. The van der Waals surface area contributed by atoms with Gasteiger partial charge >= 0.3 is 0 Å². The summed E-state index contributed by atoms with van der Waals surface area (Å²) in [5.41, 5.74) is 0. The van der Waals surface area contributed by atoms with Crippen LogP contribution in [0.4, 0.5) is 19.0 Å². The van der Waals surface area contributed by atoms with Gasteiger partial charge in [0, 0.05) is 12.7 Å². The predicted molar refractivity (Wildman–Crippen MR) is 54.5 cm³/mol. The third-order valence-electron chi connectivity index (χ3n) is 1.82. The minimum Gasteiger partial charge on any atom is -0.395 e. The molecular weight excluding hydrogens is 245 g/mol. The fourth-order valence-electron chi connectivity index (χ4n) is 1.21. The molecule has 3 nitrogen and oxygen atoms in total. The Balaban J connectivity index is 2.91. The van der Waals surface area contributed by atoms with Gasteiger partial charge in [-0.25, -0.2) is 18.2 Å². The van der Waals surface area contributed by atoms with Gasteiger partial charge in [0.05, 0.1) is 18.2 Å². The Morgan fingerprint density at radius 1 is 1.50 bits per heavy atom. The van der Waals surface area contributed by atoms with Crippen molar-refractivity contribution in [1.82, 2.24) is 4.98 Å². The van der Waals surface area contributed by atoms with Gasteiger partial charge in [-0.1, -0.05) is 11.6 Å². The Morgan fingerprint density at radius 3 is 2.69 bits per heavy atom. The number of alkyl halides is 2. The quantitative estimate of drug-likeness (QED) is 0.872. The van der Waals surface area contributed by atoms with Crippen LogP contribution < -0.4 is 4.90 Å². The zero-order valence-corrected chi connectivity index (χ0v) is 8.96. The minimum atomic E-state index is -2.64. The topological polar surface area (TPSA) is 36.4 Å². The number of nitrogens with zero attached hydrogens (tertiary/aromatic N) is 2. The van der Waals surface area contributed by atoms with E-state index in [0.29, 0.717) is 0 Å². The molecule has 1 N–H and O–H groups in total. The van der Waals surface area contributed by atoms with Gasteiger partial charge in [0.25, 0.3) is 6.43 Å². The standard InChI is InChI=1S/C9H10ClF3N2O/c10-6-3-7(11)9(14-4-6)15(1-2-16)5-8(12)13/h3-4,8,16H,1-2,5H2. The molecule has 0 aliphatic heterocycles. The van der Waals surface area contributed by atoms with Gasteiger partial charge in [0.15, 0.2) is 11.6 Å². The van der Waals surface area contributed by atoms with Crippen LogP contribution in [0.5, 0.6) is 0 Å². The number of halogens is 4. The van der Waals surface area contributed by atoms with Gasteiger partial charge in [0.1, 0.15) is 0 Å². The molecule has 0 unspecified atom stereocenters. The van der Waals surface area contributed by atoms with Crippen LogP contribution in [0.2, 0.25) is 5.02 Å². The Morgan fingerprint density at radius 2 is 2.19 bits per heavy atom. The molecule has 1 aromatic rings. The smallest absolute Gasteiger partial charge is 0.255 e. The molecule has 0 saturated heterocycles. The normalized spacial score (nSPS) is 10.9. The molecule has 1 rings (SSSR count). The fourth-order valence-corrected chi connectivity index (χ4v) is 1.36. The van der Waals surface area contributed by atoms with E-state index in [9.17, 15) is 13.2 Å². The van der Waals surface area contributed by atoms with E-state index in [4.69, 9.17) is 16.7 Å². The van der Waals surface area contributed by atoms with Crippen molar-refractivity contribution >= 4 is 17.4 Å². The van der Waals surface area contributed by atoms with Crippen molar-refractivity contribution in [2.75, 3.05) is 24.6 Å². The molecule has 0 aliphatic carbocycles. The van der Waals surface area contributed by atoms with Gasteiger partial charge < -0.3 is 10.0 Å². The summed E-state index contributed by atoms with van der Waals surface area (Å²) < 4.78 is 37.8. The number of aliphatic hydroxyl groups is 1. The lowest BCUT2D eigenvalue weighted by molar-refractivity contribution is 0.152. The molecular formula is C9H10ClF3N2O. The Bertz CT molecular complexity index is 352.